The molecule has 0 amide bonds. The molecule has 0 radical (unpaired) electrons. The molecule has 5 nitrogen and oxygen atoms in total. The van der Waals surface area contributed by atoms with Crippen LogP contribution in [0, 0.1) is 5.82 Å². The standard InChI is InChI=1S/C17H17FN4O/c1-17(5-7-19-8-6-17)16-21-15(23-22-16)12-9-11-3-2-4-13(18)14(11)20-10-12/h2-4,9-10,19H,5-8H2,1H3. The molecule has 1 aromatic carbocycles. The molecule has 2 aromatic heterocycles. The molecule has 0 atom stereocenters. The molecule has 3 heterocycles. The fraction of sp³-hybridized carbons (Fsp3) is 0.353. The van der Waals surface area contributed by atoms with Gasteiger partial charge < -0.3 is 9.84 Å². The number of rotatable bonds is 2. The Morgan fingerprint density at radius 1 is 1.26 bits per heavy atom. The summed E-state index contributed by atoms with van der Waals surface area (Å²) in [6, 6.07) is 6.71. The number of aromatic nitrogens is 3. The first-order valence-electron chi connectivity index (χ1n) is 7.75. The van der Waals surface area contributed by atoms with Gasteiger partial charge in [-0.3, -0.25) is 4.98 Å². The maximum atomic E-state index is 13.7. The molecule has 1 fully saturated rings. The molecular formula is C17H17FN4O. The van der Waals surface area contributed by atoms with Gasteiger partial charge in [-0.15, -0.1) is 0 Å². The van der Waals surface area contributed by atoms with Crippen molar-refractivity contribution in [2.45, 2.75) is 25.2 Å². The summed E-state index contributed by atoms with van der Waals surface area (Å²) >= 11 is 0. The van der Waals surface area contributed by atoms with Crippen LogP contribution in [0.5, 0.6) is 0 Å². The predicted molar refractivity (Wildman–Crippen MR) is 84.4 cm³/mol. The van der Waals surface area contributed by atoms with Crippen LogP contribution in [0.1, 0.15) is 25.6 Å². The van der Waals surface area contributed by atoms with Crippen molar-refractivity contribution in [3.05, 3.63) is 42.1 Å². The van der Waals surface area contributed by atoms with Gasteiger partial charge in [-0.1, -0.05) is 24.2 Å². The Balaban J connectivity index is 1.71. The van der Waals surface area contributed by atoms with Crippen LogP contribution >= 0.6 is 0 Å². The molecule has 118 valence electrons. The zero-order valence-corrected chi connectivity index (χ0v) is 12.8. The van der Waals surface area contributed by atoms with Crippen molar-refractivity contribution in [3.63, 3.8) is 0 Å². The number of fused-ring (bicyclic) bond motifs is 1. The first-order chi connectivity index (χ1) is 11.2. The maximum absolute atomic E-state index is 13.7. The molecule has 0 bridgehead atoms. The quantitative estimate of drug-likeness (QED) is 0.788. The molecule has 6 heteroatoms. The summed E-state index contributed by atoms with van der Waals surface area (Å²) in [5, 5.41) is 8.23. The van der Waals surface area contributed by atoms with E-state index in [1.165, 1.54) is 6.07 Å². The van der Waals surface area contributed by atoms with Crippen molar-refractivity contribution in [2.24, 2.45) is 0 Å². The number of piperidine rings is 1. The molecule has 23 heavy (non-hydrogen) atoms. The summed E-state index contributed by atoms with van der Waals surface area (Å²) in [4.78, 5) is 8.75. The van der Waals surface area contributed by atoms with Gasteiger partial charge in [-0.25, -0.2) is 4.39 Å². The van der Waals surface area contributed by atoms with Gasteiger partial charge in [0.25, 0.3) is 5.89 Å². The van der Waals surface area contributed by atoms with Crippen molar-refractivity contribution in [2.75, 3.05) is 13.1 Å². The average Bonchev–Trinajstić information content (AvgIpc) is 3.06. The molecule has 1 aliphatic rings. The first-order valence-corrected chi connectivity index (χ1v) is 7.75. The Morgan fingerprint density at radius 2 is 2.09 bits per heavy atom. The smallest absolute Gasteiger partial charge is 0.259 e. The van der Waals surface area contributed by atoms with E-state index in [0.717, 1.165) is 37.1 Å². The zero-order chi connectivity index (χ0) is 15.9. The van der Waals surface area contributed by atoms with Gasteiger partial charge in [-0.05, 0) is 38.1 Å². The third-order valence-corrected chi connectivity index (χ3v) is 4.58. The fourth-order valence-electron chi connectivity index (χ4n) is 3.03. The second-order valence-corrected chi connectivity index (χ2v) is 6.27. The number of hydrogen-bond acceptors (Lipinski definition) is 5. The highest BCUT2D eigenvalue weighted by molar-refractivity contribution is 5.82. The van der Waals surface area contributed by atoms with Crippen molar-refractivity contribution in [1.82, 2.24) is 20.4 Å². The Labute approximate surface area is 132 Å². The second kappa shape index (κ2) is 5.38. The highest BCUT2D eigenvalue weighted by Gasteiger charge is 2.33. The van der Waals surface area contributed by atoms with Crippen molar-refractivity contribution in [1.29, 1.82) is 0 Å². The number of nitrogens with zero attached hydrogens (tertiary/aromatic N) is 3. The molecule has 1 saturated heterocycles. The summed E-state index contributed by atoms with van der Waals surface area (Å²) in [6.45, 7) is 4.07. The first kappa shape index (κ1) is 14.3. The Hall–Kier alpha value is -2.34. The van der Waals surface area contributed by atoms with E-state index in [0.29, 0.717) is 17.0 Å². The molecule has 0 aliphatic carbocycles. The molecule has 3 aromatic rings. The van der Waals surface area contributed by atoms with Crippen molar-refractivity contribution < 1.29 is 8.91 Å². The molecule has 1 N–H and O–H groups in total. The van der Waals surface area contributed by atoms with Crippen LogP contribution in [0.25, 0.3) is 22.4 Å². The van der Waals surface area contributed by atoms with Crippen LogP contribution in [0.4, 0.5) is 4.39 Å². The van der Waals surface area contributed by atoms with E-state index in [4.69, 9.17) is 4.52 Å². The average molecular weight is 312 g/mol. The van der Waals surface area contributed by atoms with E-state index in [1.54, 1.807) is 12.3 Å². The van der Waals surface area contributed by atoms with Gasteiger partial charge in [0.15, 0.2) is 5.82 Å². The summed E-state index contributed by atoms with van der Waals surface area (Å²) in [5.41, 5.74) is 0.990. The fourth-order valence-corrected chi connectivity index (χ4v) is 3.03. The van der Waals surface area contributed by atoms with Gasteiger partial charge in [0, 0.05) is 17.0 Å². The van der Waals surface area contributed by atoms with Crippen molar-refractivity contribution >= 4 is 10.9 Å². The van der Waals surface area contributed by atoms with E-state index < -0.39 is 0 Å². The lowest BCUT2D eigenvalue weighted by atomic mass is 9.80. The van der Waals surface area contributed by atoms with Gasteiger partial charge in [0.1, 0.15) is 11.3 Å². The number of para-hydroxylation sites is 1. The molecule has 0 spiro atoms. The van der Waals surface area contributed by atoms with Crippen LogP contribution in [0.15, 0.2) is 35.0 Å². The molecular weight excluding hydrogens is 295 g/mol. The summed E-state index contributed by atoms with van der Waals surface area (Å²) in [6.07, 6.45) is 3.54. The molecule has 4 rings (SSSR count). The predicted octanol–water partition coefficient (Wildman–Crippen LogP) is 3.07. The van der Waals surface area contributed by atoms with Gasteiger partial charge >= 0.3 is 0 Å². The van der Waals surface area contributed by atoms with E-state index in [-0.39, 0.29) is 11.2 Å². The largest absolute Gasteiger partial charge is 0.334 e. The molecule has 0 saturated carbocycles. The maximum Gasteiger partial charge on any atom is 0.259 e. The summed E-state index contributed by atoms with van der Waals surface area (Å²) in [7, 11) is 0. The van der Waals surface area contributed by atoms with Crippen LogP contribution in [0.2, 0.25) is 0 Å². The topological polar surface area (TPSA) is 63.8 Å². The lowest BCUT2D eigenvalue weighted by Crippen LogP contribution is -2.38. The minimum atomic E-state index is -0.331. The number of nitrogens with one attached hydrogen (secondary N) is 1. The monoisotopic (exact) mass is 312 g/mol. The van der Waals surface area contributed by atoms with Crippen molar-refractivity contribution in [3.8, 4) is 11.5 Å². The highest BCUT2D eigenvalue weighted by atomic mass is 19.1. The number of benzene rings is 1. The van der Waals surface area contributed by atoms with Gasteiger partial charge in [0.05, 0.1) is 5.56 Å². The molecule has 0 unspecified atom stereocenters. The second-order valence-electron chi connectivity index (χ2n) is 6.27. The van der Waals surface area contributed by atoms with Crippen LogP contribution in [-0.2, 0) is 5.41 Å². The minimum Gasteiger partial charge on any atom is -0.334 e. The minimum absolute atomic E-state index is 0.0661. The third kappa shape index (κ3) is 2.49. The number of pyridine rings is 1. The highest BCUT2D eigenvalue weighted by Crippen LogP contribution is 2.32. The van der Waals surface area contributed by atoms with E-state index in [9.17, 15) is 4.39 Å². The van der Waals surface area contributed by atoms with Gasteiger partial charge in [0.2, 0.25) is 0 Å². The lowest BCUT2D eigenvalue weighted by molar-refractivity contribution is 0.303. The Bertz CT molecular complexity index is 855. The summed E-state index contributed by atoms with van der Waals surface area (Å²) < 4.78 is 19.1. The van der Waals surface area contributed by atoms with Gasteiger partial charge in [-0.2, -0.15) is 4.98 Å². The summed E-state index contributed by atoms with van der Waals surface area (Å²) in [5.74, 6) is 0.828. The van der Waals surface area contributed by atoms with E-state index >= 15 is 0 Å². The normalized spacial score (nSPS) is 17.5. The number of halogens is 1. The van der Waals surface area contributed by atoms with Crippen LogP contribution in [-0.4, -0.2) is 28.2 Å². The van der Waals surface area contributed by atoms with Crippen LogP contribution in [0.3, 0.4) is 0 Å². The van der Waals surface area contributed by atoms with E-state index in [2.05, 4.69) is 27.4 Å². The Morgan fingerprint density at radius 3 is 2.91 bits per heavy atom. The number of hydrogen-bond donors (Lipinski definition) is 1. The lowest BCUT2D eigenvalue weighted by Gasteiger charge is -2.30. The molecule has 1 aliphatic heterocycles. The third-order valence-electron chi connectivity index (χ3n) is 4.58. The zero-order valence-electron chi connectivity index (χ0n) is 12.8. The Kier molecular flexibility index (Phi) is 3.34. The van der Waals surface area contributed by atoms with Crippen LogP contribution < -0.4 is 5.32 Å². The SMILES string of the molecule is CC1(c2noc(-c3cnc4c(F)cccc4c3)n2)CCNCC1. The van der Waals surface area contributed by atoms with E-state index in [1.807, 2.05) is 12.1 Å².